The van der Waals surface area contributed by atoms with Crippen molar-refractivity contribution < 1.29 is 0 Å². The molecule has 1 N–H and O–H groups in total. The fraction of sp³-hybridized carbons (Fsp3) is 0.357. The van der Waals surface area contributed by atoms with Crippen molar-refractivity contribution in [2.24, 2.45) is 0 Å². The average molecular weight is 287 g/mol. The molecule has 0 atom stereocenters. The molecule has 0 unspecified atom stereocenters. The maximum Gasteiger partial charge on any atom is 0.135 e. The summed E-state index contributed by atoms with van der Waals surface area (Å²) in [7, 11) is 1.96. The van der Waals surface area contributed by atoms with Gasteiger partial charge in [0.2, 0.25) is 0 Å². The summed E-state index contributed by atoms with van der Waals surface area (Å²) in [5.41, 5.74) is 2.49. The molecule has 20 heavy (non-hydrogen) atoms. The molecule has 0 fully saturated rings. The molecule has 0 amide bonds. The molecule has 0 saturated heterocycles. The fourth-order valence-electron chi connectivity index (χ4n) is 1.90. The number of nitriles is 1. The van der Waals surface area contributed by atoms with Crippen LogP contribution >= 0.6 is 11.5 Å². The van der Waals surface area contributed by atoms with Crippen molar-refractivity contribution in [2.45, 2.75) is 19.9 Å². The molecule has 1 aromatic heterocycles. The quantitative estimate of drug-likeness (QED) is 0.885. The third kappa shape index (κ3) is 3.25. The lowest BCUT2D eigenvalue weighted by atomic mass is 10.2. The van der Waals surface area contributed by atoms with E-state index in [0.29, 0.717) is 12.1 Å². The Labute approximate surface area is 123 Å². The first kappa shape index (κ1) is 14.3. The van der Waals surface area contributed by atoms with Crippen LogP contribution in [-0.4, -0.2) is 23.2 Å². The van der Waals surface area contributed by atoms with Gasteiger partial charge in [0.05, 0.1) is 17.8 Å². The van der Waals surface area contributed by atoms with Crippen molar-refractivity contribution in [3.8, 4) is 6.07 Å². The number of nitrogens with zero attached hydrogens (tertiary/aromatic N) is 4. The van der Waals surface area contributed by atoms with Gasteiger partial charge >= 0.3 is 0 Å². The number of para-hydroxylation sites is 1. The van der Waals surface area contributed by atoms with Crippen molar-refractivity contribution in [1.29, 1.82) is 5.26 Å². The Morgan fingerprint density at radius 1 is 1.40 bits per heavy atom. The number of nitrogens with one attached hydrogen (secondary N) is 1. The van der Waals surface area contributed by atoms with Crippen LogP contribution in [0.2, 0.25) is 0 Å². The van der Waals surface area contributed by atoms with Gasteiger partial charge in [-0.25, -0.2) is 0 Å². The second kappa shape index (κ2) is 6.87. The first-order chi connectivity index (χ1) is 9.76. The summed E-state index contributed by atoms with van der Waals surface area (Å²) in [5.74, 6) is 0. The van der Waals surface area contributed by atoms with Crippen LogP contribution in [-0.2, 0) is 6.54 Å². The highest BCUT2D eigenvalue weighted by atomic mass is 32.1. The topological polar surface area (TPSA) is 64.8 Å². The monoisotopic (exact) mass is 287 g/mol. The van der Waals surface area contributed by atoms with Crippen molar-refractivity contribution >= 4 is 22.2 Å². The normalized spacial score (nSPS) is 10.1. The molecule has 0 aliphatic carbocycles. The van der Waals surface area contributed by atoms with E-state index >= 15 is 0 Å². The van der Waals surface area contributed by atoms with Crippen LogP contribution in [0.5, 0.6) is 0 Å². The van der Waals surface area contributed by atoms with Crippen LogP contribution in [0.1, 0.15) is 24.6 Å². The van der Waals surface area contributed by atoms with Gasteiger partial charge in [-0.1, -0.05) is 23.5 Å². The lowest BCUT2D eigenvalue weighted by Crippen LogP contribution is -2.18. The van der Waals surface area contributed by atoms with E-state index < -0.39 is 0 Å². The maximum absolute atomic E-state index is 9.15. The van der Waals surface area contributed by atoms with Gasteiger partial charge < -0.3 is 10.2 Å². The molecule has 0 aliphatic heterocycles. The largest absolute Gasteiger partial charge is 0.374 e. The third-order valence-electron chi connectivity index (χ3n) is 2.91. The molecule has 6 heteroatoms. The molecule has 0 aliphatic rings. The predicted octanol–water partition coefficient (Wildman–Crippen LogP) is 2.87. The lowest BCUT2D eigenvalue weighted by molar-refractivity contribution is 0.868. The standard InChI is InChI=1S/C14H17N5S/c1-3-8-16-14-12(17-18-20-14)10-19(2)13-7-5-4-6-11(13)9-15/h4-7,16H,3,8,10H2,1-2H3. The van der Waals surface area contributed by atoms with Crippen molar-refractivity contribution in [1.82, 2.24) is 9.59 Å². The van der Waals surface area contributed by atoms with E-state index in [1.807, 2.05) is 36.2 Å². The Bertz CT molecular complexity index is 602. The van der Waals surface area contributed by atoms with E-state index in [1.165, 1.54) is 11.5 Å². The summed E-state index contributed by atoms with van der Waals surface area (Å²) in [6.45, 7) is 3.66. The Morgan fingerprint density at radius 3 is 2.95 bits per heavy atom. The van der Waals surface area contributed by atoms with Gasteiger partial charge in [0, 0.05) is 25.1 Å². The van der Waals surface area contributed by atoms with E-state index in [2.05, 4.69) is 27.9 Å². The number of hydrogen-bond acceptors (Lipinski definition) is 6. The summed E-state index contributed by atoms with van der Waals surface area (Å²) in [5, 5.41) is 17.7. The minimum atomic E-state index is 0.626. The SMILES string of the molecule is CCCNc1snnc1CN(C)c1ccccc1C#N. The number of anilines is 2. The lowest BCUT2D eigenvalue weighted by Gasteiger charge is -2.19. The smallest absolute Gasteiger partial charge is 0.135 e. The summed E-state index contributed by atoms with van der Waals surface area (Å²) in [6, 6.07) is 9.78. The fourth-order valence-corrected chi connectivity index (χ4v) is 2.49. The number of aromatic nitrogens is 2. The molecule has 2 aromatic rings. The molecule has 1 heterocycles. The zero-order chi connectivity index (χ0) is 14.4. The highest BCUT2D eigenvalue weighted by Crippen LogP contribution is 2.24. The molecule has 0 radical (unpaired) electrons. The molecular formula is C14H17N5S. The van der Waals surface area contributed by atoms with E-state index in [1.54, 1.807) is 0 Å². The highest BCUT2D eigenvalue weighted by Gasteiger charge is 2.12. The summed E-state index contributed by atoms with van der Waals surface area (Å²) in [6.07, 6.45) is 1.06. The minimum absolute atomic E-state index is 0.626. The van der Waals surface area contributed by atoms with Crippen LogP contribution in [0.4, 0.5) is 10.7 Å². The van der Waals surface area contributed by atoms with Crippen LogP contribution in [0.25, 0.3) is 0 Å². The minimum Gasteiger partial charge on any atom is -0.374 e. The van der Waals surface area contributed by atoms with E-state index in [-0.39, 0.29) is 0 Å². The van der Waals surface area contributed by atoms with E-state index in [0.717, 1.165) is 29.3 Å². The average Bonchev–Trinajstić information content (AvgIpc) is 2.92. The Kier molecular flexibility index (Phi) is 4.91. The van der Waals surface area contributed by atoms with Crippen LogP contribution in [0.15, 0.2) is 24.3 Å². The number of hydrogen-bond donors (Lipinski definition) is 1. The van der Waals surface area contributed by atoms with Crippen LogP contribution in [0.3, 0.4) is 0 Å². The van der Waals surface area contributed by atoms with Crippen LogP contribution in [0, 0.1) is 11.3 Å². The first-order valence-corrected chi connectivity index (χ1v) is 7.29. The third-order valence-corrected chi connectivity index (χ3v) is 3.64. The van der Waals surface area contributed by atoms with Gasteiger partial charge in [0.15, 0.2) is 0 Å². The maximum atomic E-state index is 9.15. The second-order valence-electron chi connectivity index (χ2n) is 4.46. The molecule has 1 aromatic carbocycles. The first-order valence-electron chi connectivity index (χ1n) is 6.51. The van der Waals surface area contributed by atoms with Gasteiger partial charge in [0.1, 0.15) is 16.8 Å². The molecule has 0 bridgehead atoms. The summed E-state index contributed by atoms with van der Waals surface area (Å²) in [4.78, 5) is 2.02. The van der Waals surface area contributed by atoms with Gasteiger partial charge in [0.25, 0.3) is 0 Å². The Hall–Kier alpha value is -2.13. The Morgan fingerprint density at radius 2 is 2.20 bits per heavy atom. The predicted molar refractivity (Wildman–Crippen MR) is 82.0 cm³/mol. The van der Waals surface area contributed by atoms with E-state index in [4.69, 9.17) is 5.26 Å². The molecular weight excluding hydrogens is 270 g/mol. The zero-order valence-electron chi connectivity index (χ0n) is 11.6. The van der Waals surface area contributed by atoms with Crippen molar-refractivity contribution in [3.63, 3.8) is 0 Å². The van der Waals surface area contributed by atoms with Crippen LogP contribution < -0.4 is 10.2 Å². The molecule has 5 nitrogen and oxygen atoms in total. The summed E-state index contributed by atoms with van der Waals surface area (Å²) >= 11 is 1.37. The molecule has 104 valence electrons. The van der Waals surface area contributed by atoms with Crippen molar-refractivity contribution in [3.05, 3.63) is 35.5 Å². The van der Waals surface area contributed by atoms with Crippen molar-refractivity contribution in [2.75, 3.05) is 23.8 Å². The number of rotatable bonds is 6. The molecule has 0 spiro atoms. The second-order valence-corrected chi connectivity index (χ2v) is 5.21. The zero-order valence-corrected chi connectivity index (χ0v) is 12.4. The molecule has 2 rings (SSSR count). The van der Waals surface area contributed by atoms with E-state index in [9.17, 15) is 0 Å². The number of benzene rings is 1. The molecule has 0 saturated carbocycles. The van der Waals surface area contributed by atoms with Gasteiger partial charge in [-0.2, -0.15) is 5.26 Å². The van der Waals surface area contributed by atoms with Gasteiger partial charge in [-0.3, -0.25) is 0 Å². The van der Waals surface area contributed by atoms with Gasteiger partial charge in [-0.05, 0) is 18.6 Å². The highest BCUT2D eigenvalue weighted by molar-refractivity contribution is 7.10. The van der Waals surface area contributed by atoms with Gasteiger partial charge in [-0.15, -0.1) is 5.10 Å². The summed E-state index contributed by atoms with van der Waals surface area (Å²) < 4.78 is 4.00. The Balaban J connectivity index is 2.14.